The molecule has 0 saturated carbocycles. The number of hydrogen-bond donors (Lipinski definition) is 3. The Morgan fingerprint density at radius 3 is 2.42 bits per heavy atom. The van der Waals surface area contributed by atoms with Gasteiger partial charge >= 0.3 is 6.03 Å². The van der Waals surface area contributed by atoms with Gasteiger partial charge in [0, 0.05) is 31.0 Å². The summed E-state index contributed by atoms with van der Waals surface area (Å²) in [6.45, 7) is 4.78. The Hall–Kier alpha value is -4.00. The van der Waals surface area contributed by atoms with Crippen LogP contribution in [0.2, 0.25) is 0 Å². The first-order valence-electron chi connectivity index (χ1n) is 12.6. The number of hydrogen-bond acceptors (Lipinski definition) is 4. The molecule has 4 rings (SSSR count). The minimum atomic E-state index is -0.400. The molecule has 0 aromatic heterocycles. The predicted octanol–water partition coefficient (Wildman–Crippen LogP) is 5.69. The lowest BCUT2D eigenvalue weighted by atomic mass is 10.1. The Bertz CT molecular complexity index is 1160. The van der Waals surface area contributed by atoms with Crippen LogP contribution in [0.25, 0.3) is 0 Å². The molecule has 0 bridgehead atoms. The van der Waals surface area contributed by atoms with Crippen molar-refractivity contribution in [2.24, 2.45) is 0 Å². The molecule has 1 fully saturated rings. The van der Waals surface area contributed by atoms with Gasteiger partial charge in [0.2, 0.25) is 0 Å². The van der Waals surface area contributed by atoms with Crippen LogP contribution in [0.4, 0.5) is 21.9 Å². The highest BCUT2D eigenvalue weighted by Gasteiger charge is 2.20. The van der Waals surface area contributed by atoms with Crippen molar-refractivity contribution in [3.05, 3.63) is 83.9 Å². The molecule has 0 atom stereocenters. The number of amides is 3. The molecule has 0 aliphatic carbocycles. The fourth-order valence-corrected chi connectivity index (χ4v) is 4.40. The molecule has 3 amide bonds. The number of nitrogens with one attached hydrogen (secondary N) is 3. The van der Waals surface area contributed by atoms with Gasteiger partial charge in [0.15, 0.2) is 0 Å². The molecule has 1 aliphatic heterocycles. The third kappa shape index (κ3) is 6.78. The highest BCUT2D eigenvalue weighted by molar-refractivity contribution is 6.04. The summed E-state index contributed by atoms with van der Waals surface area (Å²) in [5.41, 5.74) is 3.78. The lowest BCUT2D eigenvalue weighted by molar-refractivity contribution is 0.0954. The molecule has 36 heavy (non-hydrogen) atoms. The summed E-state index contributed by atoms with van der Waals surface area (Å²) in [6, 6.07) is 22.5. The van der Waals surface area contributed by atoms with Crippen LogP contribution in [0.5, 0.6) is 5.75 Å². The SMILES string of the molecule is CCOc1ccccc1NC(=O)Nc1ccc(N2CCCCC2)c(C(=O)NCCc2ccccc2)c1. The van der Waals surface area contributed by atoms with Gasteiger partial charge in [-0.15, -0.1) is 0 Å². The fraction of sp³-hybridized carbons (Fsp3) is 0.310. The molecule has 1 aliphatic rings. The molecule has 0 spiro atoms. The Balaban J connectivity index is 1.48. The van der Waals surface area contributed by atoms with Crippen molar-refractivity contribution in [3.8, 4) is 5.75 Å². The normalized spacial score (nSPS) is 13.1. The lowest BCUT2D eigenvalue weighted by Crippen LogP contribution is -2.33. The van der Waals surface area contributed by atoms with Gasteiger partial charge in [0.05, 0.1) is 17.9 Å². The number of nitrogens with zero attached hydrogens (tertiary/aromatic N) is 1. The van der Waals surface area contributed by atoms with E-state index in [4.69, 9.17) is 4.74 Å². The Kier molecular flexibility index (Phi) is 8.81. The third-order valence-corrected chi connectivity index (χ3v) is 6.17. The standard InChI is InChI=1S/C29H34N4O3/c1-2-36-27-14-8-7-13-25(27)32-29(35)31-23-15-16-26(33-19-9-4-10-20-33)24(21-23)28(34)30-18-17-22-11-5-3-6-12-22/h3,5-8,11-16,21H,2,4,9-10,17-20H2,1H3,(H,30,34)(H2,31,32,35). The van der Waals surface area contributed by atoms with E-state index < -0.39 is 6.03 Å². The van der Waals surface area contributed by atoms with Gasteiger partial charge in [-0.3, -0.25) is 4.79 Å². The van der Waals surface area contributed by atoms with E-state index in [0.29, 0.717) is 35.8 Å². The van der Waals surface area contributed by atoms with Crippen LogP contribution in [0.3, 0.4) is 0 Å². The quantitative estimate of drug-likeness (QED) is 0.363. The van der Waals surface area contributed by atoms with Crippen LogP contribution in [0, 0.1) is 0 Å². The van der Waals surface area contributed by atoms with E-state index in [9.17, 15) is 9.59 Å². The second-order valence-corrected chi connectivity index (χ2v) is 8.78. The van der Waals surface area contributed by atoms with E-state index in [2.05, 4.69) is 33.0 Å². The van der Waals surface area contributed by atoms with Crippen molar-refractivity contribution in [2.75, 3.05) is 41.8 Å². The first kappa shape index (κ1) is 25.1. The second-order valence-electron chi connectivity index (χ2n) is 8.78. The maximum Gasteiger partial charge on any atom is 0.323 e. The van der Waals surface area contributed by atoms with Crippen molar-refractivity contribution in [1.82, 2.24) is 5.32 Å². The van der Waals surface area contributed by atoms with E-state index in [1.165, 1.54) is 12.0 Å². The van der Waals surface area contributed by atoms with Gasteiger partial charge in [-0.1, -0.05) is 42.5 Å². The molecule has 3 N–H and O–H groups in total. The maximum absolute atomic E-state index is 13.3. The zero-order valence-electron chi connectivity index (χ0n) is 20.8. The number of rotatable bonds is 9. The largest absolute Gasteiger partial charge is 0.492 e. The van der Waals surface area contributed by atoms with Crippen molar-refractivity contribution < 1.29 is 14.3 Å². The van der Waals surface area contributed by atoms with Gasteiger partial charge in [0.25, 0.3) is 5.91 Å². The van der Waals surface area contributed by atoms with E-state index >= 15 is 0 Å². The Labute approximate surface area is 212 Å². The van der Waals surface area contributed by atoms with Crippen LogP contribution < -0.4 is 25.6 Å². The van der Waals surface area contributed by atoms with Crippen LogP contribution in [-0.4, -0.2) is 38.2 Å². The summed E-state index contributed by atoms with van der Waals surface area (Å²) < 4.78 is 5.59. The number of carbonyl (C=O) groups excluding carboxylic acids is 2. The van der Waals surface area contributed by atoms with Gasteiger partial charge in [-0.2, -0.15) is 0 Å². The smallest absolute Gasteiger partial charge is 0.323 e. The number of piperidine rings is 1. The van der Waals surface area contributed by atoms with E-state index in [-0.39, 0.29) is 5.91 Å². The number of para-hydroxylation sites is 2. The molecule has 7 heteroatoms. The number of anilines is 3. The topological polar surface area (TPSA) is 82.7 Å². The molecule has 1 saturated heterocycles. The van der Waals surface area contributed by atoms with E-state index in [1.807, 2.05) is 55.5 Å². The maximum atomic E-state index is 13.3. The molecule has 1 heterocycles. The number of benzene rings is 3. The monoisotopic (exact) mass is 486 g/mol. The summed E-state index contributed by atoms with van der Waals surface area (Å²) >= 11 is 0. The predicted molar refractivity (Wildman–Crippen MR) is 145 cm³/mol. The average molecular weight is 487 g/mol. The van der Waals surface area contributed by atoms with Gasteiger partial charge in [-0.05, 0) is 68.5 Å². The summed E-state index contributed by atoms with van der Waals surface area (Å²) in [5.74, 6) is 0.464. The fourth-order valence-electron chi connectivity index (χ4n) is 4.40. The van der Waals surface area contributed by atoms with Gasteiger partial charge in [0.1, 0.15) is 5.75 Å². The highest BCUT2D eigenvalue weighted by Crippen LogP contribution is 2.28. The van der Waals surface area contributed by atoms with Crippen molar-refractivity contribution in [2.45, 2.75) is 32.6 Å². The van der Waals surface area contributed by atoms with Crippen LogP contribution in [-0.2, 0) is 6.42 Å². The molecular weight excluding hydrogens is 452 g/mol. The first-order chi connectivity index (χ1) is 17.6. The van der Waals surface area contributed by atoms with Crippen LogP contribution >= 0.6 is 0 Å². The Morgan fingerprint density at radius 1 is 0.889 bits per heavy atom. The molecule has 3 aromatic carbocycles. The van der Waals surface area contributed by atoms with Gasteiger partial charge in [-0.25, -0.2) is 4.79 Å². The molecule has 188 valence electrons. The zero-order valence-corrected chi connectivity index (χ0v) is 20.8. The van der Waals surface area contributed by atoms with E-state index in [1.54, 1.807) is 12.1 Å². The van der Waals surface area contributed by atoms with Crippen molar-refractivity contribution >= 4 is 29.0 Å². The summed E-state index contributed by atoms with van der Waals surface area (Å²) in [4.78, 5) is 28.3. The first-order valence-corrected chi connectivity index (χ1v) is 12.6. The lowest BCUT2D eigenvalue weighted by Gasteiger charge is -2.30. The summed E-state index contributed by atoms with van der Waals surface area (Å²) in [7, 11) is 0. The van der Waals surface area contributed by atoms with Crippen LogP contribution in [0.15, 0.2) is 72.8 Å². The summed E-state index contributed by atoms with van der Waals surface area (Å²) in [6.07, 6.45) is 4.18. The van der Waals surface area contributed by atoms with Gasteiger partial charge < -0.3 is 25.6 Å². The molecule has 0 unspecified atom stereocenters. The summed E-state index contributed by atoms with van der Waals surface area (Å²) in [5, 5.41) is 8.76. The number of ether oxygens (including phenoxy) is 1. The Morgan fingerprint density at radius 2 is 1.64 bits per heavy atom. The molecule has 7 nitrogen and oxygen atoms in total. The van der Waals surface area contributed by atoms with E-state index in [0.717, 1.165) is 38.0 Å². The minimum absolute atomic E-state index is 0.141. The highest BCUT2D eigenvalue weighted by atomic mass is 16.5. The third-order valence-electron chi connectivity index (χ3n) is 6.17. The molecule has 0 radical (unpaired) electrons. The van der Waals surface area contributed by atoms with Crippen molar-refractivity contribution in [3.63, 3.8) is 0 Å². The minimum Gasteiger partial charge on any atom is -0.492 e. The number of carbonyl (C=O) groups is 2. The average Bonchev–Trinajstić information content (AvgIpc) is 2.91. The number of urea groups is 1. The zero-order chi connectivity index (χ0) is 25.2. The molecular formula is C29H34N4O3. The van der Waals surface area contributed by atoms with Crippen molar-refractivity contribution in [1.29, 1.82) is 0 Å². The van der Waals surface area contributed by atoms with Crippen LogP contribution in [0.1, 0.15) is 42.1 Å². The second kappa shape index (κ2) is 12.6. The molecule has 3 aromatic rings.